The minimum Gasteiger partial charge on any atom is -0.379 e. The molecule has 1 N–H and O–H groups in total. The van der Waals surface area contributed by atoms with Gasteiger partial charge >= 0.3 is 0 Å². The van der Waals surface area contributed by atoms with E-state index in [0.717, 1.165) is 13.0 Å². The van der Waals surface area contributed by atoms with Crippen LogP contribution in [-0.2, 0) is 9.53 Å². The number of nitrogens with one attached hydrogen (secondary N) is 1. The maximum atomic E-state index is 12.1. The second-order valence-electron chi connectivity index (χ2n) is 5.90. The number of ketones is 1. The Labute approximate surface area is 111 Å². The van der Waals surface area contributed by atoms with Gasteiger partial charge in [-0.15, -0.1) is 0 Å². The molecular formula is C15H25NO2. The minimum absolute atomic E-state index is 0.0224. The van der Waals surface area contributed by atoms with E-state index in [0.29, 0.717) is 19.6 Å². The van der Waals surface area contributed by atoms with E-state index in [4.69, 9.17) is 4.74 Å². The monoisotopic (exact) mass is 251 g/mol. The van der Waals surface area contributed by atoms with Crippen molar-refractivity contribution < 1.29 is 9.53 Å². The van der Waals surface area contributed by atoms with Crippen LogP contribution < -0.4 is 5.32 Å². The molecule has 0 bridgehead atoms. The highest BCUT2D eigenvalue weighted by Gasteiger charge is 2.32. The Morgan fingerprint density at radius 2 is 2.11 bits per heavy atom. The number of hydrogen-bond donors (Lipinski definition) is 1. The van der Waals surface area contributed by atoms with Crippen LogP contribution in [-0.4, -0.2) is 31.6 Å². The van der Waals surface area contributed by atoms with Crippen molar-refractivity contribution in [2.24, 2.45) is 11.3 Å². The third-order valence-electron chi connectivity index (χ3n) is 2.88. The smallest absolute Gasteiger partial charge is 0.151 e. The van der Waals surface area contributed by atoms with Gasteiger partial charge in [0.15, 0.2) is 5.78 Å². The first kappa shape index (κ1) is 15.2. The molecule has 0 aromatic carbocycles. The standard InChI is InChI=1S/C15H25NO2/c1-5-9-16-13-11-18-10-12(13)14(17)7-6-8-15(2,3)4/h12-13,16H,5,7,9-11H2,1-4H3. The summed E-state index contributed by atoms with van der Waals surface area (Å²) >= 11 is 0. The van der Waals surface area contributed by atoms with Gasteiger partial charge in [-0.2, -0.15) is 0 Å². The van der Waals surface area contributed by atoms with Gasteiger partial charge in [-0.05, 0) is 33.7 Å². The lowest BCUT2D eigenvalue weighted by atomic mass is 9.94. The predicted octanol–water partition coefficient (Wildman–Crippen LogP) is 2.01. The van der Waals surface area contributed by atoms with E-state index in [1.807, 2.05) is 0 Å². The second kappa shape index (κ2) is 6.92. The van der Waals surface area contributed by atoms with E-state index in [9.17, 15) is 4.79 Å². The van der Waals surface area contributed by atoms with E-state index < -0.39 is 0 Å². The third kappa shape index (κ3) is 5.20. The van der Waals surface area contributed by atoms with Gasteiger partial charge in [0, 0.05) is 11.5 Å². The summed E-state index contributed by atoms with van der Waals surface area (Å²) in [6.07, 6.45) is 1.41. The molecule has 0 saturated carbocycles. The van der Waals surface area contributed by atoms with Crippen LogP contribution in [0.3, 0.4) is 0 Å². The van der Waals surface area contributed by atoms with Crippen LogP contribution in [0.2, 0.25) is 0 Å². The zero-order valence-corrected chi connectivity index (χ0v) is 12.0. The largest absolute Gasteiger partial charge is 0.379 e. The Bertz CT molecular complexity index is 333. The lowest BCUT2D eigenvalue weighted by molar-refractivity contribution is -0.122. The maximum absolute atomic E-state index is 12.1. The van der Waals surface area contributed by atoms with E-state index in [1.54, 1.807) is 0 Å². The van der Waals surface area contributed by atoms with Crippen molar-refractivity contribution in [3.8, 4) is 11.8 Å². The Hall–Kier alpha value is -0.850. The molecule has 2 unspecified atom stereocenters. The number of carbonyl (C=O) groups is 1. The summed E-state index contributed by atoms with van der Waals surface area (Å²) in [6, 6.07) is 0.175. The van der Waals surface area contributed by atoms with Gasteiger partial charge in [0.1, 0.15) is 0 Å². The van der Waals surface area contributed by atoms with Gasteiger partial charge < -0.3 is 10.1 Å². The molecule has 0 spiro atoms. The molecule has 1 fully saturated rings. The van der Waals surface area contributed by atoms with Gasteiger partial charge in [0.05, 0.1) is 25.6 Å². The van der Waals surface area contributed by atoms with Crippen molar-refractivity contribution in [3.63, 3.8) is 0 Å². The quantitative estimate of drug-likeness (QED) is 0.760. The van der Waals surface area contributed by atoms with E-state index in [1.165, 1.54) is 0 Å². The molecule has 0 aromatic heterocycles. The van der Waals surface area contributed by atoms with Crippen LogP contribution >= 0.6 is 0 Å². The Morgan fingerprint density at radius 3 is 2.72 bits per heavy atom. The maximum Gasteiger partial charge on any atom is 0.151 e. The molecule has 0 amide bonds. The average molecular weight is 251 g/mol. The minimum atomic E-state index is -0.0354. The van der Waals surface area contributed by atoms with Gasteiger partial charge in [0.2, 0.25) is 0 Å². The Balaban J connectivity index is 2.47. The zero-order chi connectivity index (χ0) is 13.6. The first-order valence-electron chi connectivity index (χ1n) is 6.78. The number of rotatable bonds is 5. The molecule has 0 aliphatic carbocycles. The van der Waals surface area contributed by atoms with E-state index >= 15 is 0 Å². The summed E-state index contributed by atoms with van der Waals surface area (Å²) < 4.78 is 5.40. The molecule has 18 heavy (non-hydrogen) atoms. The van der Waals surface area contributed by atoms with Crippen LogP contribution in [0.1, 0.15) is 40.5 Å². The molecule has 3 heteroatoms. The van der Waals surface area contributed by atoms with E-state index in [2.05, 4.69) is 44.9 Å². The van der Waals surface area contributed by atoms with Crippen LogP contribution in [0, 0.1) is 23.2 Å². The average Bonchev–Trinajstić information content (AvgIpc) is 2.72. The molecule has 1 aliphatic rings. The molecule has 102 valence electrons. The number of Topliss-reactive ketones (excluding diaryl/α,β-unsaturated/α-hetero) is 1. The molecule has 0 aromatic rings. The summed E-state index contributed by atoms with van der Waals surface area (Å²) in [5.74, 6) is 6.28. The van der Waals surface area contributed by atoms with Gasteiger partial charge in [-0.25, -0.2) is 0 Å². The van der Waals surface area contributed by atoms with Crippen molar-refractivity contribution >= 4 is 5.78 Å². The summed E-state index contributed by atoms with van der Waals surface area (Å²) in [6.45, 7) is 10.4. The summed E-state index contributed by atoms with van der Waals surface area (Å²) in [7, 11) is 0. The van der Waals surface area contributed by atoms with Gasteiger partial charge in [-0.3, -0.25) is 4.79 Å². The zero-order valence-electron chi connectivity index (χ0n) is 12.0. The van der Waals surface area contributed by atoms with Crippen molar-refractivity contribution in [3.05, 3.63) is 0 Å². The first-order chi connectivity index (χ1) is 8.44. The van der Waals surface area contributed by atoms with Crippen molar-refractivity contribution in [1.29, 1.82) is 0 Å². The summed E-state index contributed by atoms with van der Waals surface area (Å²) in [5.41, 5.74) is -0.0354. The van der Waals surface area contributed by atoms with Crippen LogP contribution in [0.15, 0.2) is 0 Å². The molecule has 1 aliphatic heterocycles. The number of ether oxygens (including phenoxy) is 1. The lowest BCUT2D eigenvalue weighted by Crippen LogP contribution is -2.39. The summed E-state index contributed by atoms with van der Waals surface area (Å²) in [5, 5.41) is 3.37. The van der Waals surface area contributed by atoms with E-state index in [-0.39, 0.29) is 23.2 Å². The highest BCUT2D eigenvalue weighted by molar-refractivity contribution is 5.84. The van der Waals surface area contributed by atoms with Crippen LogP contribution in [0.5, 0.6) is 0 Å². The SMILES string of the molecule is CCCNC1COCC1C(=O)CC#CC(C)(C)C. The molecule has 2 atom stereocenters. The fourth-order valence-electron chi connectivity index (χ4n) is 1.93. The molecule has 1 heterocycles. The van der Waals surface area contributed by atoms with Crippen LogP contribution in [0.25, 0.3) is 0 Å². The Kier molecular flexibility index (Phi) is 5.84. The van der Waals surface area contributed by atoms with Gasteiger partial charge in [0.25, 0.3) is 0 Å². The fraction of sp³-hybridized carbons (Fsp3) is 0.800. The molecule has 1 saturated heterocycles. The molecule has 1 rings (SSSR count). The predicted molar refractivity (Wildman–Crippen MR) is 73.2 cm³/mol. The molecule has 0 radical (unpaired) electrons. The highest BCUT2D eigenvalue weighted by atomic mass is 16.5. The third-order valence-corrected chi connectivity index (χ3v) is 2.88. The van der Waals surface area contributed by atoms with Crippen molar-refractivity contribution in [2.75, 3.05) is 19.8 Å². The van der Waals surface area contributed by atoms with Crippen molar-refractivity contribution in [1.82, 2.24) is 5.32 Å². The first-order valence-corrected chi connectivity index (χ1v) is 6.78. The fourth-order valence-corrected chi connectivity index (χ4v) is 1.93. The van der Waals surface area contributed by atoms with Crippen molar-refractivity contribution in [2.45, 2.75) is 46.6 Å². The lowest BCUT2D eigenvalue weighted by Gasteiger charge is -2.16. The number of carbonyl (C=O) groups excluding carboxylic acids is 1. The molecular weight excluding hydrogens is 226 g/mol. The normalized spacial score (nSPS) is 23.6. The van der Waals surface area contributed by atoms with Gasteiger partial charge in [-0.1, -0.05) is 18.8 Å². The second-order valence-corrected chi connectivity index (χ2v) is 5.90. The van der Waals surface area contributed by atoms with Crippen LogP contribution in [0.4, 0.5) is 0 Å². The topological polar surface area (TPSA) is 38.3 Å². The number of hydrogen-bond acceptors (Lipinski definition) is 3. The molecule has 3 nitrogen and oxygen atoms in total. The highest BCUT2D eigenvalue weighted by Crippen LogP contribution is 2.17. The summed E-state index contributed by atoms with van der Waals surface area (Å²) in [4.78, 5) is 12.1. The Morgan fingerprint density at radius 1 is 1.39 bits per heavy atom.